The van der Waals surface area contributed by atoms with Crippen molar-refractivity contribution in [3.05, 3.63) is 66.5 Å². The first-order valence-electron chi connectivity index (χ1n) is 10.7. The number of benzene rings is 1. The van der Waals surface area contributed by atoms with Gasteiger partial charge >= 0.3 is 6.01 Å². The van der Waals surface area contributed by atoms with E-state index in [1.54, 1.807) is 12.5 Å². The molecule has 0 amide bonds. The lowest BCUT2D eigenvalue weighted by atomic mass is 10.2. The van der Waals surface area contributed by atoms with Crippen LogP contribution < -0.4 is 4.74 Å². The van der Waals surface area contributed by atoms with Gasteiger partial charge in [-0.25, -0.2) is 4.98 Å². The summed E-state index contributed by atoms with van der Waals surface area (Å²) in [6.45, 7) is 5.14. The third-order valence-corrected chi connectivity index (χ3v) is 5.36. The summed E-state index contributed by atoms with van der Waals surface area (Å²) in [5.41, 5.74) is 2.92. The maximum atomic E-state index is 5.90. The van der Waals surface area contributed by atoms with Crippen LogP contribution in [0.15, 0.2) is 60.2 Å². The Morgan fingerprint density at radius 2 is 2.09 bits per heavy atom. The van der Waals surface area contributed by atoms with Gasteiger partial charge in [0.05, 0.1) is 25.5 Å². The lowest BCUT2D eigenvalue weighted by Crippen LogP contribution is -2.38. The molecule has 1 fully saturated rings. The molecule has 9 nitrogen and oxygen atoms in total. The normalized spacial score (nSPS) is 15.0. The van der Waals surface area contributed by atoms with Gasteiger partial charge < -0.3 is 14.5 Å². The molecule has 5 rings (SSSR count). The van der Waals surface area contributed by atoms with E-state index in [0.717, 1.165) is 55.0 Å². The van der Waals surface area contributed by atoms with E-state index in [0.29, 0.717) is 25.0 Å². The van der Waals surface area contributed by atoms with E-state index in [2.05, 4.69) is 42.0 Å². The highest BCUT2D eigenvalue weighted by molar-refractivity contribution is 5.98. The van der Waals surface area contributed by atoms with Crippen molar-refractivity contribution in [2.45, 2.75) is 6.54 Å². The molecule has 0 aliphatic carbocycles. The molecule has 0 atom stereocenters. The van der Waals surface area contributed by atoms with Crippen LogP contribution in [-0.4, -0.2) is 75.1 Å². The standard InChI is InChI=1S/C23H25N7O2/c1-2-4-21-20(3-1)18(15-26-21)14-25-16-19-13-22(30-6-5-24-17-30)28-23(27-19)32-12-9-29-7-10-31-11-8-29/h1-6,13-15,17,26H,7-12,16H2. The number of aromatic amines is 1. The second kappa shape index (κ2) is 9.71. The van der Waals surface area contributed by atoms with Crippen LogP contribution in [0.25, 0.3) is 16.7 Å². The Balaban J connectivity index is 1.30. The van der Waals surface area contributed by atoms with E-state index in [4.69, 9.17) is 9.47 Å². The van der Waals surface area contributed by atoms with E-state index in [1.807, 2.05) is 41.4 Å². The maximum absolute atomic E-state index is 5.90. The minimum Gasteiger partial charge on any atom is -0.462 e. The van der Waals surface area contributed by atoms with Crippen molar-refractivity contribution >= 4 is 17.1 Å². The molecular weight excluding hydrogens is 406 g/mol. The zero-order chi connectivity index (χ0) is 21.6. The summed E-state index contributed by atoms with van der Waals surface area (Å²) in [5.74, 6) is 0.705. The van der Waals surface area contributed by atoms with Crippen LogP contribution in [-0.2, 0) is 11.3 Å². The summed E-state index contributed by atoms with van der Waals surface area (Å²) < 4.78 is 13.1. The third-order valence-electron chi connectivity index (χ3n) is 5.36. The number of hydrogen-bond donors (Lipinski definition) is 1. The fourth-order valence-corrected chi connectivity index (χ4v) is 3.66. The van der Waals surface area contributed by atoms with E-state index < -0.39 is 0 Å². The fraction of sp³-hybridized carbons (Fsp3) is 0.304. The van der Waals surface area contributed by atoms with Gasteiger partial charge in [-0.2, -0.15) is 9.97 Å². The Morgan fingerprint density at radius 3 is 2.97 bits per heavy atom. The minimum atomic E-state index is 0.349. The molecule has 1 aliphatic rings. The number of rotatable bonds is 8. The topological polar surface area (TPSA) is 93.4 Å². The van der Waals surface area contributed by atoms with E-state index in [9.17, 15) is 0 Å². The van der Waals surface area contributed by atoms with E-state index >= 15 is 0 Å². The highest BCUT2D eigenvalue weighted by atomic mass is 16.5. The lowest BCUT2D eigenvalue weighted by Gasteiger charge is -2.26. The summed E-state index contributed by atoms with van der Waals surface area (Å²) in [6.07, 6.45) is 9.11. The Bertz CT molecular complexity index is 1180. The maximum Gasteiger partial charge on any atom is 0.318 e. The molecule has 164 valence electrons. The number of morpholine rings is 1. The number of para-hydroxylation sites is 1. The van der Waals surface area contributed by atoms with Gasteiger partial charge in [0.25, 0.3) is 0 Å². The van der Waals surface area contributed by atoms with Gasteiger partial charge in [-0.1, -0.05) is 18.2 Å². The molecule has 1 N–H and O–H groups in total. The zero-order valence-electron chi connectivity index (χ0n) is 17.7. The molecule has 1 aromatic carbocycles. The summed E-state index contributed by atoms with van der Waals surface area (Å²) in [5, 5.41) is 1.14. The average molecular weight is 432 g/mol. The van der Waals surface area contributed by atoms with Crippen molar-refractivity contribution < 1.29 is 9.47 Å². The number of nitrogens with zero attached hydrogens (tertiary/aromatic N) is 6. The van der Waals surface area contributed by atoms with Crippen molar-refractivity contribution in [2.75, 3.05) is 39.5 Å². The fourth-order valence-electron chi connectivity index (χ4n) is 3.66. The number of hydrogen-bond acceptors (Lipinski definition) is 7. The quantitative estimate of drug-likeness (QED) is 0.431. The molecule has 0 unspecified atom stereocenters. The Morgan fingerprint density at radius 1 is 1.19 bits per heavy atom. The van der Waals surface area contributed by atoms with Crippen molar-refractivity contribution in [3.8, 4) is 11.8 Å². The smallest absolute Gasteiger partial charge is 0.318 e. The molecular formula is C23H25N7O2. The monoisotopic (exact) mass is 431 g/mol. The molecule has 4 aromatic rings. The molecule has 0 spiro atoms. The first-order valence-corrected chi connectivity index (χ1v) is 10.7. The van der Waals surface area contributed by atoms with Gasteiger partial charge in [-0.15, -0.1) is 0 Å². The van der Waals surface area contributed by atoms with Crippen molar-refractivity contribution in [1.29, 1.82) is 0 Å². The van der Waals surface area contributed by atoms with Crippen molar-refractivity contribution in [1.82, 2.24) is 29.4 Å². The number of nitrogens with one attached hydrogen (secondary N) is 1. The molecule has 32 heavy (non-hydrogen) atoms. The molecule has 9 heteroatoms. The number of ether oxygens (including phenoxy) is 2. The van der Waals surface area contributed by atoms with Gasteiger partial charge in [-0.05, 0) is 6.07 Å². The number of fused-ring (bicyclic) bond motifs is 1. The number of aromatic nitrogens is 5. The lowest BCUT2D eigenvalue weighted by molar-refractivity contribution is 0.0317. The second-order valence-corrected chi connectivity index (χ2v) is 7.53. The first kappa shape index (κ1) is 20.3. The molecule has 0 bridgehead atoms. The highest BCUT2D eigenvalue weighted by Crippen LogP contribution is 2.17. The zero-order valence-corrected chi connectivity index (χ0v) is 17.7. The molecule has 0 radical (unpaired) electrons. The van der Waals surface area contributed by atoms with Crippen LogP contribution in [0.5, 0.6) is 6.01 Å². The summed E-state index contributed by atoms with van der Waals surface area (Å²) in [4.78, 5) is 23.4. The summed E-state index contributed by atoms with van der Waals surface area (Å²) in [6, 6.07) is 10.4. The van der Waals surface area contributed by atoms with Crippen LogP contribution in [0, 0.1) is 0 Å². The van der Waals surface area contributed by atoms with Crippen molar-refractivity contribution in [3.63, 3.8) is 0 Å². The Kier molecular flexibility index (Phi) is 6.18. The van der Waals surface area contributed by atoms with Crippen LogP contribution in [0.3, 0.4) is 0 Å². The molecule has 3 aromatic heterocycles. The molecule has 1 aliphatic heterocycles. The van der Waals surface area contributed by atoms with E-state index in [-0.39, 0.29) is 0 Å². The van der Waals surface area contributed by atoms with Gasteiger partial charge in [0.15, 0.2) is 0 Å². The van der Waals surface area contributed by atoms with Crippen LogP contribution >= 0.6 is 0 Å². The predicted octanol–water partition coefficient (Wildman–Crippen LogP) is 2.47. The van der Waals surface area contributed by atoms with Gasteiger partial charge in [-0.3, -0.25) is 14.5 Å². The van der Waals surface area contributed by atoms with Crippen LogP contribution in [0.1, 0.15) is 11.3 Å². The summed E-state index contributed by atoms with van der Waals surface area (Å²) >= 11 is 0. The first-order chi connectivity index (χ1) is 15.8. The van der Waals surface area contributed by atoms with E-state index in [1.165, 1.54) is 0 Å². The average Bonchev–Trinajstić information content (AvgIpc) is 3.51. The Hall–Kier alpha value is -3.56. The molecule has 4 heterocycles. The largest absolute Gasteiger partial charge is 0.462 e. The van der Waals surface area contributed by atoms with Gasteiger partial charge in [0, 0.05) is 67.0 Å². The molecule has 1 saturated heterocycles. The Labute approximate surface area is 185 Å². The second-order valence-electron chi connectivity index (χ2n) is 7.53. The van der Waals surface area contributed by atoms with Gasteiger partial charge in [0.2, 0.25) is 0 Å². The number of aliphatic imine (C=N–C) groups is 1. The third kappa shape index (κ3) is 4.84. The van der Waals surface area contributed by atoms with Crippen LogP contribution in [0.4, 0.5) is 0 Å². The SMILES string of the molecule is C(=NCc1cc(-n2ccnc2)nc(OCCN2CCOCC2)n1)c1c[nH]c2ccccc12. The highest BCUT2D eigenvalue weighted by Gasteiger charge is 2.12. The number of imidazole rings is 1. The number of H-pyrrole nitrogens is 1. The van der Waals surface area contributed by atoms with Gasteiger partial charge in [0.1, 0.15) is 18.8 Å². The van der Waals surface area contributed by atoms with Crippen LogP contribution in [0.2, 0.25) is 0 Å². The predicted molar refractivity (Wildman–Crippen MR) is 122 cm³/mol. The minimum absolute atomic E-state index is 0.349. The summed E-state index contributed by atoms with van der Waals surface area (Å²) in [7, 11) is 0. The molecule has 0 saturated carbocycles. The van der Waals surface area contributed by atoms with Crippen molar-refractivity contribution in [2.24, 2.45) is 4.99 Å².